The summed E-state index contributed by atoms with van der Waals surface area (Å²) < 4.78 is 26.2. The minimum absolute atomic E-state index is 0.322. The molecule has 1 aromatic rings. The molecule has 19 heavy (non-hydrogen) atoms. The molecule has 0 radical (unpaired) electrons. The van der Waals surface area contributed by atoms with E-state index in [1.54, 1.807) is 6.07 Å². The van der Waals surface area contributed by atoms with Crippen LogP contribution < -0.4 is 5.32 Å². The van der Waals surface area contributed by atoms with E-state index in [0.717, 1.165) is 12.0 Å². The van der Waals surface area contributed by atoms with Gasteiger partial charge in [0.25, 0.3) is 0 Å². The SMILES string of the molecule is CNC(Cc1ccc(F)c(F)c1)C1CCCC1(C)C. The van der Waals surface area contributed by atoms with Gasteiger partial charge in [-0.1, -0.05) is 26.3 Å². The minimum atomic E-state index is -0.772. The van der Waals surface area contributed by atoms with E-state index in [9.17, 15) is 8.78 Å². The molecule has 1 aliphatic rings. The molecule has 1 aromatic carbocycles. The van der Waals surface area contributed by atoms with Gasteiger partial charge in [-0.05, 0) is 55.3 Å². The first kappa shape index (κ1) is 14.4. The van der Waals surface area contributed by atoms with Gasteiger partial charge in [0, 0.05) is 6.04 Å². The van der Waals surface area contributed by atoms with Crippen molar-refractivity contribution in [2.24, 2.45) is 11.3 Å². The van der Waals surface area contributed by atoms with Crippen molar-refractivity contribution >= 4 is 0 Å². The van der Waals surface area contributed by atoms with Crippen LogP contribution in [0, 0.1) is 23.0 Å². The molecule has 1 nitrogen and oxygen atoms in total. The standard InChI is InChI=1S/C16H23F2N/c1-16(2)8-4-5-12(16)15(19-3)10-11-6-7-13(17)14(18)9-11/h6-7,9,12,15,19H,4-5,8,10H2,1-3H3. The lowest BCUT2D eigenvalue weighted by molar-refractivity contribution is 0.201. The average molecular weight is 267 g/mol. The van der Waals surface area contributed by atoms with Crippen molar-refractivity contribution < 1.29 is 8.78 Å². The molecule has 1 fully saturated rings. The number of benzene rings is 1. The zero-order chi connectivity index (χ0) is 14.0. The molecule has 0 spiro atoms. The highest BCUT2D eigenvalue weighted by atomic mass is 19.2. The molecule has 0 aliphatic heterocycles. The Balaban J connectivity index is 2.12. The summed E-state index contributed by atoms with van der Waals surface area (Å²) in [5.74, 6) is -0.936. The molecule has 1 N–H and O–H groups in total. The lowest BCUT2D eigenvalue weighted by Crippen LogP contribution is -2.40. The minimum Gasteiger partial charge on any atom is -0.316 e. The van der Waals surface area contributed by atoms with Crippen molar-refractivity contribution in [3.63, 3.8) is 0 Å². The summed E-state index contributed by atoms with van der Waals surface area (Å²) >= 11 is 0. The summed E-state index contributed by atoms with van der Waals surface area (Å²) in [6, 6.07) is 4.55. The van der Waals surface area contributed by atoms with E-state index >= 15 is 0 Å². The summed E-state index contributed by atoms with van der Waals surface area (Å²) in [4.78, 5) is 0. The van der Waals surface area contributed by atoms with Crippen molar-refractivity contribution in [1.82, 2.24) is 5.32 Å². The second kappa shape index (κ2) is 5.58. The molecule has 2 unspecified atom stereocenters. The summed E-state index contributed by atoms with van der Waals surface area (Å²) in [6.45, 7) is 4.61. The normalized spacial score (nSPS) is 23.5. The van der Waals surface area contributed by atoms with Crippen molar-refractivity contribution in [1.29, 1.82) is 0 Å². The summed E-state index contributed by atoms with van der Waals surface area (Å²) in [7, 11) is 1.96. The zero-order valence-corrected chi connectivity index (χ0v) is 12.0. The molecule has 106 valence electrons. The van der Waals surface area contributed by atoms with E-state index in [1.165, 1.54) is 31.4 Å². The first-order valence-corrected chi connectivity index (χ1v) is 7.05. The van der Waals surface area contributed by atoms with Crippen LogP contribution in [-0.4, -0.2) is 13.1 Å². The Kier molecular flexibility index (Phi) is 4.24. The number of halogens is 2. The van der Waals surface area contributed by atoms with Crippen LogP contribution in [-0.2, 0) is 6.42 Å². The molecule has 3 heteroatoms. The summed E-state index contributed by atoms with van der Waals surface area (Å²) in [5.41, 5.74) is 1.19. The van der Waals surface area contributed by atoms with Crippen LogP contribution in [0.4, 0.5) is 8.78 Å². The highest BCUT2D eigenvalue weighted by Crippen LogP contribution is 2.44. The fourth-order valence-corrected chi connectivity index (χ4v) is 3.47. The number of hydrogen-bond acceptors (Lipinski definition) is 1. The fraction of sp³-hybridized carbons (Fsp3) is 0.625. The molecular formula is C16H23F2N. The maximum Gasteiger partial charge on any atom is 0.159 e. The maximum absolute atomic E-state index is 13.3. The van der Waals surface area contributed by atoms with Crippen LogP contribution in [0.5, 0.6) is 0 Å². The first-order chi connectivity index (χ1) is 8.94. The van der Waals surface area contributed by atoms with Crippen LogP contribution in [0.25, 0.3) is 0 Å². The molecule has 0 bridgehead atoms. The van der Waals surface area contributed by atoms with Crippen molar-refractivity contribution in [2.45, 2.75) is 45.6 Å². The van der Waals surface area contributed by atoms with Gasteiger partial charge in [-0.3, -0.25) is 0 Å². The largest absolute Gasteiger partial charge is 0.316 e. The fourth-order valence-electron chi connectivity index (χ4n) is 3.47. The van der Waals surface area contributed by atoms with E-state index in [4.69, 9.17) is 0 Å². The Morgan fingerprint density at radius 1 is 1.32 bits per heavy atom. The van der Waals surface area contributed by atoms with Gasteiger partial charge in [-0.15, -0.1) is 0 Å². The average Bonchev–Trinajstić information content (AvgIpc) is 2.70. The number of rotatable bonds is 4. The third kappa shape index (κ3) is 3.14. The predicted octanol–water partition coefficient (Wildman–Crippen LogP) is 3.92. The first-order valence-electron chi connectivity index (χ1n) is 7.05. The number of nitrogens with one attached hydrogen (secondary N) is 1. The molecule has 0 heterocycles. The topological polar surface area (TPSA) is 12.0 Å². The van der Waals surface area contributed by atoms with E-state index in [1.807, 2.05) is 7.05 Å². The summed E-state index contributed by atoms with van der Waals surface area (Å²) in [5, 5.41) is 3.37. The van der Waals surface area contributed by atoms with Crippen molar-refractivity contribution in [2.75, 3.05) is 7.05 Å². The van der Waals surface area contributed by atoms with Gasteiger partial charge in [0.2, 0.25) is 0 Å². The van der Waals surface area contributed by atoms with Crippen LogP contribution in [0.2, 0.25) is 0 Å². The van der Waals surface area contributed by atoms with Gasteiger partial charge in [-0.2, -0.15) is 0 Å². The lowest BCUT2D eigenvalue weighted by atomic mass is 9.76. The number of hydrogen-bond donors (Lipinski definition) is 1. The molecule has 1 saturated carbocycles. The quantitative estimate of drug-likeness (QED) is 0.871. The van der Waals surface area contributed by atoms with E-state index in [0.29, 0.717) is 17.4 Å². The Morgan fingerprint density at radius 2 is 2.05 bits per heavy atom. The smallest absolute Gasteiger partial charge is 0.159 e. The maximum atomic E-state index is 13.3. The van der Waals surface area contributed by atoms with Crippen LogP contribution in [0.3, 0.4) is 0 Å². The zero-order valence-electron chi connectivity index (χ0n) is 12.0. The van der Waals surface area contributed by atoms with Gasteiger partial charge < -0.3 is 5.32 Å². The highest BCUT2D eigenvalue weighted by Gasteiger charge is 2.38. The van der Waals surface area contributed by atoms with E-state index < -0.39 is 11.6 Å². The molecule has 2 rings (SSSR count). The van der Waals surface area contributed by atoms with Crippen molar-refractivity contribution in [3.05, 3.63) is 35.4 Å². The van der Waals surface area contributed by atoms with Crippen LogP contribution >= 0.6 is 0 Å². The van der Waals surface area contributed by atoms with Crippen LogP contribution in [0.15, 0.2) is 18.2 Å². The van der Waals surface area contributed by atoms with Crippen molar-refractivity contribution in [3.8, 4) is 0 Å². The second-order valence-electron chi connectivity index (χ2n) is 6.34. The van der Waals surface area contributed by atoms with Crippen LogP contribution in [0.1, 0.15) is 38.7 Å². The lowest BCUT2D eigenvalue weighted by Gasteiger charge is -2.34. The molecular weight excluding hydrogens is 244 g/mol. The van der Waals surface area contributed by atoms with Gasteiger partial charge >= 0.3 is 0 Å². The Bertz CT molecular complexity index is 442. The van der Waals surface area contributed by atoms with Gasteiger partial charge in [-0.25, -0.2) is 8.78 Å². The van der Waals surface area contributed by atoms with Gasteiger partial charge in [0.15, 0.2) is 11.6 Å². The van der Waals surface area contributed by atoms with E-state index in [-0.39, 0.29) is 0 Å². The van der Waals surface area contributed by atoms with E-state index in [2.05, 4.69) is 19.2 Å². The third-order valence-corrected chi connectivity index (χ3v) is 4.64. The van der Waals surface area contributed by atoms with Gasteiger partial charge in [0.1, 0.15) is 0 Å². The monoisotopic (exact) mass is 267 g/mol. The second-order valence-corrected chi connectivity index (χ2v) is 6.34. The Labute approximate surface area is 114 Å². The third-order valence-electron chi connectivity index (χ3n) is 4.64. The predicted molar refractivity (Wildman–Crippen MR) is 74.0 cm³/mol. The Hall–Kier alpha value is -0.960. The van der Waals surface area contributed by atoms with Gasteiger partial charge in [0.05, 0.1) is 0 Å². The Morgan fingerprint density at radius 3 is 2.58 bits per heavy atom. The molecule has 1 aliphatic carbocycles. The number of likely N-dealkylation sites (N-methyl/N-ethyl adjacent to an activating group) is 1. The molecule has 2 atom stereocenters. The summed E-state index contributed by atoms with van der Waals surface area (Å²) in [6.07, 6.45) is 4.46. The highest BCUT2D eigenvalue weighted by molar-refractivity contribution is 5.19. The molecule has 0 saturated heterocycles. The molecule has 0 amide bonds. The molecule has 0 aromatic heterocycles.